The summed E-state index contributed by atoms with van der Waals surface area (Å²) in [6, 6.07) is 6.42. The molecule has 1 aromatic carbocycles. The van der Waals surface area contributed by atoms with Gasteiger partial charge in [-0.15, -0.1) is 0 Å². The van der Waals surface area contributed by atoms with Crippen LogP contribution >= 0.6 is 0 Å². The zero-order chi connectivity index (χ0) is 11.7. The number of benzene rings is 1. The molecule has 0 radical (unpaired) electrons. The second-order valence-electron chi connectivity index (χ2n) is 4.24. The van der Waals surface area contributed by atoms with E-state index < -0.39 is 0 Å². The van der Waals surface area contributed by atoms with Crippen molar-refractivity contribution in [1.29, 1.82) is 0 Å². The molecule has 0 aliphatic rings. The minimum absolute atomic E-state index is 0.743. The van der Waals surface area contributed by atoms with Crippen molar-refractivity contribution in [2.75, 3.05) is 5.73 Å². The van der Waals surface area contributed by atoms with E-state index in [1.165, 1.54) is 16.7 Å². The summed E-state index contributed by atoms with van der Waals surface area (Å²) < 4.78 is 0. The van der Waals surface area contributed by atoms with Crippen LogP contribution in [-0.2, 0) is 0 Å². The fourth-order valence-electron chi connectivity index (χ4n) is 2.05. The van der Waals surface area contributed by atoms with Crippen molar-refractivity contribution in [3.8, 4) is 11.1 Å². The van der Waals surface area contributed by atoms with Crippen LogP contribution in [0.4, 0.5) is 5.69 Å². The fourth-order valence-corrected chi connectivity index (χ4v) is 2.05. The summed E-state index contributed by atoms with van der Waals surface area (Å²) >= 11 is 0. The second kappa shape index (κ2) is 3.97. The largest absolute Gasteiger partial charge is 0.397 e. The van der Waals surface area contributed by atoms with Gasteiger partial charge >= 0.3 is 0 Å². The van der Waals surface area contributed by atoms with Crippen molar-refractivity contribution in [2.24, 2.45) is 0 Å². The van der Waals surface area contributed by atoms with E-state index in [9.17, 15) is 0 Å². The van der Waals surface area contributed by atoms with Gasteiger partial charge in [0, 0.05) is 11.8 Å². The van der Waals surface area contributed by atoms with Crippen LogP contribution < -0.4 is 5.73 Å². The molecule has 82 valence electrons. The van der Waals surface area contributed by atoms with E-state index in [1.54, 1.807) is 6.20 Å². The lowest BCUT2D eigenvalue weighted by Gasteiger charge is -2.12. The minimum atomic E-state index is 0.743. The molecule has 2 nitrogen and oxygen atoms in total. The molecule has 16 heavy (non-hydrogen) atoms. The first-order valence-corrected chi connectivity index (χ1v) is 5.37. The van der Waals surface area contributed by atoms with E-state index >= 15 is 0 Å². The van der Waals surface area contributed by atoms with E-state index in [1.807, 2.05) is 13.1 Å². The molecule has 0 fully saturated rings. The fraction of sp³-hybridized carbons (Fsp3) is 0.214. The number of nitrogens with two attached hydrogens (primary N) is 1. The van der Waals surface area contributed by atoms with Crippen LogP contribution in [0.3, 0.4) is 0 Å². The molecule has 2 aromatic rings. The lowest BCUT2D eigenvalue weighted by Crippen LogP contribution is -1.96. The normalized spacial score (nSPS) is 10.4. The quantitative estimate of drug-likeness (QED) is 0.788. The third-order valence-electron chi connectivity index (χ3n) is 2.82. The number of hydrogen-bond acceptors (Lipinski definition) is 2. The van der Waals surface area contributed by atoms with E-state index in [-0.39, 0.29) is 0 Å². The van der Waals surface area contributed by atoms with E-state index in [0.29, 0.717) is 0 Å². The number of aryl methyl sites for hydroxylation is 3. The Balaban J connectivity index is 2.68. The highest BCUT2D eigenvalue weighted by Crippen LogP contribution is 2.31. The van der Waals surface area contributed by atoms with Gasteiger partial charge < -0.3 is 5.73 Å². The molecule has 0 atom stereocenters. The third kappa shape index (κ3) is 1.78. The molecule has 0 bridgehead atoms. The highest BCUT2D eigenvalue weighted by Gasteiger charge is 2.08. The van der Waals surface area contributed by atoms with Gasteiger partial charge in [-0.05, 0) is 37.5 Å². The summed E-state index contributed by atoms with van der Waals surface area (Å²) in [7, 11) is 0. The summed E-state index contributed by atoms with van der Waals surface area (Å²) in [6.07, 6.45) is 3.56. The van der Waals surface area contributed by atoms with Gasteiger partial charge in [0.05, 0.1) is 11.9 Å². The number of rotatable bonds is 1. The standard InChI is InChI=1S/C14H16N2/c1-9-4-5-12(10(2)6-9)14-11(3)7-16-8-13(14)15/h4-8H,15H2,1-3H3. The molecule has 0 aliphatic heterocycles. The lowest BCUT2D eigenvalue weighted by molar-refractivity contribution is 1.26. The number of hydrogen-bond donors (Lipinski definition) is 1. The zero-order valence-corrected chi connectivity index (χ0v) is 9.91. The maximum Gasteiger partial charge on any atom is 0.0583 e. The Kier molecular flexibility index (Phi) is 2.65. The highest BCUT2D eigenvalue weighted by atomic mass is 14.7. The predicted octanol–water partition coefficient (Wildman–Crippen LogP) is 3.26. The van der Waals surface area contributed by atoms with Crippen molar-refractivity contribution in [2.45, 2.75) is 20.8 Å². The molecule has 2 N–H and O–H groups in total. The Bertz CT molecular complexity index is 510. The molecule has 1 aromatic heterocycles. The van der Waals surface area contributed by atoms with Crippen LogP contribution in [0.5, 0.6) is 0 Å². The van der Waals surface area contributed by atoms with Crippen LogP contribution in [0.25, 0.3) is 11.1 Å². The average molecular weight is 212 g/mol. The molecule has 0 unspecified atom stereocenters. The first kappa shape index (κ1) is 10.7. The molecule has 0 saturated carbocycles. The third-order valence-corrected chi connectivity index (χ3v) is 2.82. The SMILES string of the molecule is Cc1ccc(-c2c(C)cncc2N)c(C)c1. The smallest absolute Gasteiger partial charge is 0.0583 e. The predicted molar refractivity (Wildman–Crippen MR) is 68.3 cm³/mol. The van der Waals surface area contributed by atoms with E-state index in [4.69, 9.17) is 5.73 Å². The van der Waals surface area contributed by atoms with E-state index in [2.05, 4.69) is 37.0 Å². The van der Waals surface area contributed by atoms with Gasteiger partial charge in [0.25, 0.3) is 0 Å². The second-order valence-corrected chi connectivity index (χ2v) is 4.24. The molecule has 2 heteroatoms. The molecule has 0 spiro atoms. The average Bonchev–Trinajstić information content (AvgIpc) is 2.20. The van der Waals surface area contributed by atoms with Gasteiger partial charge in [-0.3, -0.25) is 4.98 Å². The Morgan fingerprint density at radius 1 is 1.00 bits per heavy atom. The minimum Gasteiger partial charge on any atom is -0.397 e. The van der Waals surface area contributed by atoms with Crippen LogP contribution in [0.1, 0.15) is 16.7 Å². The van der Waals surface area contributed by atoms with Gasteiger partial charge in [-0.2, -0.15) is 0 Å². The van der Waals surface area contributed by atoms with Crippen molar-refractivity contribution in [1.82, 2.24) is 4.98 Å². The first-order valence-electron chi connectivity index (χ1n) is 5.37. The topological polar surface area (TPSA) is 38.9 Å². The Morgan fingerprint density at radius 2 is 1.75 bits per heavy atom. The van der Waals surface area contributed by atoms with Gasteiger partial charge in [-0.1, -0.05) is 23.8 Å². The molecule has 2 rings (SSSR count). The van der Waals surface area contributed by atoms with Crippen molar-refractivity contribution in [3.05, 3.63) is 47.3 Å². The van der Waals surface area contributed by atoms with Crippen LogP contribution in [0.15, 0.2) is 30.6 Å². The molecule has 0 saturated heterocycles. The monoisotopic (exact) mass is 212 g/mol. The Hall–Kier alpha value is -1.83. The lowest BCUT2D eigenvalue weighted by atomic mass is 9.95. The molecular formula is C14H16N2. The summed E-state index contributed by atoms with van der Waals surface area (Å²) in [6.45, 7) is 6.25. The summed E-state index contributed by atoms with van der Waals surface area (Å²) in [5, 5.41) is 0. The number of pyridine rings is 1. The zero-order valence-electron chi connectivity index (χ0n) is 9.91. The van der Waals surface area contributed by atoms with Crippen LogP contribution in [0.2, 0.25) is 0 Å². The van der Waals surface area contributed by atoms with E-state index in [0.717, 1.165) is 16.8 Å². The van der Waals surface area contributed by atoms with Gasteiger partial charge in [0.1, 0.15) is 0 Å². The molecular weight excluding hydrogens is 196 g/mol. The number of nitrogen functional groups attached to an aromatic ring is 1. The Labute approximate surface area is 96.1 Å². The number of nitrogens with zero attached hydrogens (tertiary/aromatic N) is 1. The first-order chi connectivity index (χ1) is 7.59. The highest BCUT2D eigenvalue weighted by molar-refractivity contribution is 5.80. The van der Waals surface area contributed by atoms with Crippen molar-refractivity contribution in [3.63, 3.8) is 0 Å². The maximum absolute atomic E-state index is 6.00. The Morgan fingerprint density at radius 3 is 2.38 bits per heavy atom. The van der Waals surface area contributed by atoms with Crippen molar-refractivity contribution >= 4 is 5.69 Å². The van der Waals surface area contributed by atoms with Gasteiger partial charge in [-0.25, -0.2) is 0 Å². The van der Waals surface area contributed by atoms with Gasteiger partial charge in [0.15, 0.2) is 0 Å². The van der Waals surface area contributed by atoms with Crippen LogP contribution in [0, 0.1) is 20.8 Å². The van der Waals surface area contributed by atoms with Gasteiger partial charge in [0.2, 0.25) is 0 Å². The number of aromatic nitrogens is 1. The van der Waals surface area contributed by atoms with Crippen LogP contribution in [-0.4, -0.2) is 4.98 Å². The molecule has 0 aliphatic carbocycles. The van der Waals surface area contributed by atoms with Crippen molar-refractivity contribution < 1.29 is 0 Å². The summed E-state index contributed by atoms with van der Waals surface area (Å²) in [5.74, 6) is 0. The number of anilines is 1. The molecule has 0 amide bonds. The molecule has 1 heterocycles. The summed E-state index contributed by atoms with van der Waals surface area (Å²) in [5.41, 5.74) is 12.7. The maximum atomic E-state index is 6.00. The summed E-state index contributed by atoms with van der Waals surface area (Å²) in [4.78, 5) is 4.09.